The van der Waals surface area contributed by atoms with Gasteiger partial charge in [0.15, 0.2) is 11.5 Å². The average Bonchev–Trinajstić information content (AvgIpc) is 3.29. The van der Waals surface area contributed by atoms with Crippen LogP contribution < -0.4 is 14.8 Å². The summed E-state index contributed by atoms with van der Waals surface area (Å²) in [7, 11) is 1.31. The van der Waals surface area contributed by atoms with Crippen LogP contribution in [-0.2, 0) is 4.79 Å². The van der Waals surface area contributed by atoms with Gasteiger partial charge in [0.05, 0.1) is 7.11 Å². The largest absolute Gasteiger partial charge is 0.493 e. The molecule has 1 fully saturated rings. The topological polar surface area (TPSA) is 71.3 Å². The number of methoxy groups -OCH3 is 1. The van der Waals surface area contributed by atoms with Crippen LogP contribution >= 0.6 is 0 Å². The van der Waals surface area contributed by atoms with Gasteiger partial charge in [0.25, 0.3) is 5.91 Å². The molecule has 1 amide bonds. The van der Waals surface area contributed by atoms with E-state index in [9.17, 15) is 13.6 Å². The number of benzene rings is 1. The van der Waals surface area contributed by atoms with Crippen molar-refractivity contribution in [2.75, 3.05) is 7.11 Å². The third-order valence-electron chi connectivity index (χ3n) is 2.99. The first-order valence-electron chi connectivity index (χ1n) is 6.59. The van der Waals surface area contributed by atoms with Gasteiger partial charge in [-0.15, -0.1) is 0 Å². The maximum atomic E-state index is 12.2. The van der Waals surface area contributed by atoms with Crippen molar-refractivity contribution in [2.24, 2.45) is 0 Å². The van der Waals surface area contributed by atoms with E-state index in [1.807, 2.05) is 6.07 Å². The molecule has 0 bridgehead atoms. The zero-order valence-electron chi connectivity index (χ0n) is 11.8. The summed E-state index contributed by atoms with van der Waals surface area (Å²) < 4.78 is 33.8. The Morgan fingerprint density at radius 2 is 2.18 bits per heavy atom. The number of alkyl halides is 2. The first-order chi connectivity index (χ1) is 10.5. The van der Waals surface area contributed by atoms with Crippen LogP contribution in [0.15, 0.2) is 23.8 Å². The maximum Gasteiger partial charge on any atom is 0.387 e. The monoisotopic (exact) mass is 308 g/mol. The number of carbonyl (C=O) groups is 1. The number of rotatable bonds is 6. The van der Waals surface area contributed by atoms with E-state index in [0.717, 1.165) is 12.8 Å². The molecule has 0 radical (unpaired) electrons. The first-order valence-corrected chi connectivity index (χ1v) is 6.59. The number of hydrogen-bond acceptors (Lipinski definition) is 4. The third-order valence-corrected chi connectivity index (χ3v) is 2.99. The van der Waals surface area contributed by atoms with Gasteiger partial charge in [0.2, 0.25) is 0 Å². The number of hydrogen-bond donors (Lipinski definition) is 1. The molecule has 1 saturated carbocycles. The number of nitriles is 1. The molecule has 1 aromatic rings. The summed E-state index contributed by atoms with van der Waals surface area (Å²) >= 11 is 0. The lowest BCUT2D eigenvalue weighted by Crippen LogP contribution is -2.26. The first kappa shape index (κ1) is 15.8. The molecule has 0 aliphatic heterocycles. The van der Waals surface area contributed by atoms with E-state index in [2.05, 4.69) is 10.1 Å². The molecule has 0 saturated heterocycles. The lowest BCUT2D eigenvalue weighted by Gasteiger charge is -2.10. The van der Waals surface area contributed by atoms with Gasteiger partial charge in [0, 0.05) is 6.04 Å². The fourth-order valence-corrected chi connectivity index (χ4v) is 1.77. The van der Waals surface area contributed by atoms with E-state index < -0.39 is 12.5 Å². The number of nitrogens with one attached hydrogen (secondary N) is 1. The second-order valence-electron chi connectivity index (χ2n) is 4.71. The van der Waals surface area contributed by atoms with Crippen molar-refractivity contribution in [1.29, 1.82) is 5.26 Å². The van der Waals surface area contributed by atoms with Crippen molar-refractivity contribution in [3.8, 4) is 17.6 Å². The second kappa shape index (κ2) is 6.89. The van der Waals surface area contributed by atoms with E-state index in [-0.39, 0.29) is 23.1 Å². The highest BCUT2D eigenvalue weighted by Gasteiger charge is 2.24. The van der Waals surface area contributed by atoms with E-state index in [1.165, 1.54) is 31.4 Å². The van der Waals surface area contributed by atoms with Crippen molar-refractivity contribution in [3.63, 3.8) is 0 Å². The maximum absolute atomic E-state index is 12.2. The molecule has 1 N–H and O–H groups in total. The Kier molecular flexibility index (Phi) is 4.94. The van der Waals surface area contributed by atoms with Gasteiger partial charge >= 0.3 is 6.61 Å². The lowest BCUT2D eigenvalue weighted by atomic mass is 10.1. The molecule has 1 aliphatic rings. The summed E-state index contributed by atoms with van der Waals surface area (Å²) in [6.45, 7) is -2.96. The highest BCUT2D eigenvalue weighted by molar-refractivity contribution is 6.02. The van der Waals surface area contributed by atoms with Crippen LogP contribution in [-0.4, -0.2) is 25.7 Å². The predicted molar refractivity (Wildman–Crippen MR) is 74.4 cm³/mol. The summed E-state index contributed by atoms with van der Waals surface area (Å²) in [5, 5.41) is 11.8. The van der Waals surface area contributed by atoms with Gasteiger partial charge in [-0.2, -0.15) is 14.0 Å². The SMILES string of the molecule is COc1cc(/C=C(\C#N)C(=O)NC2CC2)ccc1OC(F)F. The molecule has 7 heteroatoms. The zero-order chi connectivity index (χ0) is 16.1. The van der Waals surface area contributed by atoms with Gasteiger partial charge in [-0.05, 0) is 36.6 Å². The summed E-state index contributed by atoms with van der Waals surface area (Å²) in [4.78, 5) is 11.8. The Balaban J connectivity index is 2.21. The molecule has 1 aliphatic carbocycles. The van der Waals surface area contributed by atoms with Crippen molar-refractivity contribution >= 4 is 12.0 Å². The smallest absolute Gasteiger partial charge is 0.387 e. The van der Waals surface area contributed by atoms with Gasteiger partial charge in [-0.1, -0.05) is 6.07 Å². The average molecular weight is 308 g/mol. The highest BCUT2D eigenvalue weighted by atomic mass is 19.3. The van der Waals surface area contributed by atoms with Crippen LogP contribution in [0.1, 0.15) is 18.4 Å². The molecule has 0 aromatic heterocycles. The van der Waals surface area contributed by atoms with Crippen LogP contribution in [0.3, 0.4) is 0 Å². The second-order valence-corrected chi connectivity index (χ2v) is 4.71. The standard InChI is InChI=1S/C15H14F2N2O3/c1-21-13-7-9(2-5-12(13)22-15(16)17)6-10(8-18)14(20)19-11-3-4-11/h2,5-7,11,15H,3-4H2,1H3,(H,19,20)/b10-6+. The Morgan fingerprint density at radius 1 is 1.45 bits per heavy atom. The Hall–Kier alpha value is -2.62. The van der Waals surface area contributed by atoms with Crippen LogP contribution in [0.5, 0.6) is 11.5 Å². The molecule has 1 aromatic carbocycles. The Labute approximate surface area is 126 Å². The number of nitrogens with zero attached hydrogens (tertiary/aromatic N) is 1. The minimum Gasteiger partial charge on any atom is -0.493 e. The molecule has 5 nitrogen and oxygen atoms in total. The summed E-state index contributed by atoms with van der Waals surface area (Å²) in [5.74, 6) is -0.471. The zero-order valence-corrected chi connectivity index (χ0v) is 11.8. The van der Waals surface area contributed by atoms with Gasteiger partial charge < -0.3 is 14.8 Å². The van der Waals surface area contributed by atoms with Crippen LogP contribution in [0.2, 0.25) is 0 Å². The molecule has 0 heterocycles. The highest BCUT2D eigenvalue weighted by Crippen LogP contribution is 2.30. The Bertz CT molecular complexity index is 634. The van der Waals surface area contributed by atoms with E-state index in [0.29, 0.717) is 5.56 Å². The molecule has 0 atom stereocenters. The minimum atomic E-state index is -2.96. The minimum absolute atomic E-state index is 0.0588. The summed E-state index contributed by atoms with van der Waals surface area (Å²) in [5.41, 5.74) is 0.414. The number of ether oxygens (including phenoxy) is 2. The number of halogens is 2. The number of amides is 1. The van der Waals surface area contributed by atoms with E-state index >= 15 is 0 Å². The fraction of sp³-hybridized carbons (Fsp3) is 0.333. The van der Waals surface area contributed by atoms with Crippen LogP contribution in [0.25, 0.3) is 6.08 Å². The molecule has 0 spiro atoms. The molecule has 0 unspecified atom stereocenters. The summed E-state index contributed by atoms with van der Waals surface area (Å²) in [6, 6.07) is 6.14. The Morgan fingerprint density at radius 3 is 2.73 bits per heavy atom. The fourth-order valence-electron chi connectivity index (χ4n) is 1.77. The predicted octanol–water partition coefficient (Wildman–Crippen LogP) is 2.48. The lowest BCUT2D eigenvalue weighted by molar-refractivity contribution is -0.117. The van der Waals surface area contributed by atoms with Crippen molar-refractivity contribution < 1.29 is 23.0 Å². The van der Waals surface area contributed by atoms with Crippen molar-refractivity contribution in [2.45, 2.75) is 25.5 Å². The van der Waals surface area contributed by atoms with Gasteiger partial charge in [0.1, 0.15) is 11.6 Å². The van der Waals surface area contributed by atoms with Gasteiger partial charge in [-0.3, -0.25) is 4.79 Å². The third kappa shape index (κ3) is 4.19. The summed E-state index contributed by atoms with van der Waals surface area (Å²) in [6.07, 6.45) is 3.20. The van der Waals surface area contributed by atoms with Crippen molar-refractivity contribution in [3.05, 3.63) is 29.3 Å². The molecule has 22 heavy (non-hydrogen) atoms. The molecular formula is C15H14F2N2O3. The number of carbonyl (C=O) groups excluding carboxylic acids is 1. The van der Waals surface area contributed by atoms with Crippen LogP contribution in [0, 0.1) is 11.3 Å². The molecule has 2 rings (SSSR count). The normalized spacial score (nSPS) is 14.4. The van der Waals surface area contributed by atoms with E-state index in [4.69, 9.17) is 10.00 Å². The van der Waals surface area contributed by atoms with Crippen molar-refractivity contribution in [1.82, 2.24) is 5.32 Å². The molecular weight excluding hydrogens is 294 g/mol. The van der Waals surface area contributed by atoms with E-state index in [1.54, 1.807) is 0 Å². The van der Waals surface area contributed by atoms with Crippen LogP contribution in [0.4, 0.5) is 8.78 Å². The van der Waals surface area contributed by atoms with Gasteiger partial charge in [-0.25, -0.2) is 0 Å². The molecule has 116 valence electrons. The quantitative estimate of drug-likeness (QED) is 0.647.